The van der Waals surface area contributed by atoms with Crippen molar-refractivity contribution in [3.05, 3.63) is 376 Å². The Bertz CT molecular complexity index is 7340. The van der Waals surface area contributed by atoms with Gasteiger partial charge >= 0.3 is 0 Å². The minimum atomic E-state index is 0.828. The van der Waals surface area contributed by atoms with Gasteiger partial charge in [-0.2, -0.15) is 0 Å². The number of rotatable bonds is 11. The molecule has 0 fully saturated rings. The summed E-state index contributed by atoms with van der Waals surface area (Å²) in [7, 11) is 0. The van der Waals surface area contributed by atoms with Gasteiger partial charge in [-0.3, -0.25) is 0 Å². The fourth-order valence-electron chi connectivity index (χ4n) is 17.4. The summed E-state index contributed by atoms with van der Waals surface area (Å²) in [6.07, 6.45) is 0. The summed E-state index contributed by atoms with van der Waals surface area (Å²) >= 11 is 0. The molecule has 0 unspecified atom stereocenters. The fraction of sp³-hybridized carbons (Fsp3) is 0. The van der Waals surface area contributed by atoms with Gasteiger partial charge in [0, 0.05) is 88.0 Å². The number of benzene rings is 18. The summed E-state index contributed by atoms with van der Waals surface area (Å²) in [5, 5.41) is 18.7. The Morgan fingerprint density at radius 3 is 1.28 bits per heavy atom. The second kappa shape index (κ2) is 23.7. The van der Waals surface area contributed by atoms with Gasteiger partial charge in [-0.15, -0.1) is 0 Å². The highest BCUT2D eigenvalue weighted by Gasteiger charge is 2.27. The topological polar surface area (TPSA) is 42.6 Å². The van der Waals surface area contributed by atoms with Crippen LogP contribution in [0.4, 0.5) is 34.1 Å². The fourth-order valence-corrected chi connectivity index (χ4v) is 17.4. The summed E-state index contributed by atoms with van der Waals surface area (Å²) < 4.78 is 18.4. The van der Waals surface area contributed by atoms with Crippen LogP contribution in [0, 0.1) is 0 Å². The van der Waals surface area contributed by atoms with Crippen molar-refractivity contribution >= 4 is 165 Å². The molecular formula is C100H62N4O2. The maximum absolute atomic E-state index is 7.07. The molecule has 4 heterocycles. The van der Waals surface area contributed by atoms with Gasteiger partial charge in [0.1, 0.15) is 22.3 Å². The Kier molecular flexibility index (Phi) is 13.3. The average Bonchev–Trinajstić information content (AvgIpc) is 1.43. The van der Waals surface area contributed by atoms with Crippen molar-refractivity contribution in [1.82, 2.24) is 9.13 Å². The van der Waals surface area contributed by atoms with E-state index in [9.17, 15) is 0 Å². The molecule has 106 heavy (non-hydrogen) atoms. The van der Waals surface area contributed by atoms with Gasteiger partial charge in [0.05, 0.1) is 39.1 Å². The molecule has 0 bridgehead atoms. The molecule has 0 amide bonds. The third-order valence-corrected chi connectivity index (χ3v) is 22.0. The molecule has 22 aromatic rings. The lowest BCUT2D eigenvalue weighted by atomic mass is 9.95. The van der Waals surface area contributed by atoms with Gasteiger partial charge in [0.15, 0.2) is 0 Å². The molecule has 18 aromatic carbocycles. The number of hydrogen-bond donors (Lipinski definition) is 0. The van der Waals surface area contributed by atoms with Crippen LogP contribution in [0.1, 0.15) is 0 Å². The number of hydrogen-bond acceptors (Lipinski definition) is 4. The molecule has 0 aliphatic carbocycles. The van der Waals surface area contributed by atoms with Gasteiger partial charge < -0.3 is 27.8 Å². The first kappa shape index (κ1) is 59.5. The van der Waals surface area contributed by atoms with E-state index in [1.165, 1.54) is 64.9 Å². The van der Waals surface area contributed by atoms with Crippen LogP contribution in [-0.4, -0.2) is 9.13 Å². The van der Waals surface area contributed by atoms with Crippen molar-refractivity contribution in [2.45, 2.75) is 0 Å². The first-order valence-corrected chi connectivity index (χ1v) is 36.3. The van der Waals surface area contributed by atoms with Crippen molar-refractivity contribution in [3.8, 4) is 44.8 Å². The molecule has 494 valence electrons. The third kappa shape index (κ3) is 9.24. The standard InChI is InChI=1S/C100H62N4O2/c1-3-29-73-63(23-1)49-50-67-57-72(53-55-75(67)73)101(88-41-13-9-35-80(88)83-39-21-47-96-99(83)85-38-12-18-46-95(85)105-96)68-25-19-26-69(61-68)103-92-45-17-11-37-82(92)87-58-64(52-56-93(87)103)65-51-54-86-98(60-65)106-97-48-22-40-84(100(86)97)81-36-10-16-44-91(81)104(94-59-66-24-2-4-30-74(66)76-31-5-6-32-77(76)94)71-28-20-27-70(62-71)102-89-42-14-7-33-78(89)79-34-8-15-43-90(79)102/h1-62H. The number of fused-ring (bicyclic) bond motifs is 18. The van der Waals surface area contributed by atoms with Crippen LogP contribution in [0.25, 0.3) is 175 Å². The van der Waals surface area contributed by atoms with E-state index in [1.54, 1.807) is 0 Å². The molecule has 0 atom stereocenters. The van der Waals surface area contributed by atoms with E-state index in [2.05, 4.69) is 389 Å². The summed E-state index contributed by atoms with van der Waals surface area (Å²) in [5.74, 6) is 0. The SMILES string of the molecule is c1cc(N(c2ccc3c(ccc4ccccc43)c2)c2ccccc2-c2cccc3oc4ccccc4c23)cc(-n2c3ccccc3c3cc(-c4ccc5c(c4)oc4cccc(-c6ccccc6N(c6cccc(-n7c8ccccc8c8ccccc87)c6)c6cc7ccccc7c7ccccc67)c45)ccc32)c1. The Balaban J connectivity index is 0.669. The summed E-state index contributed by atoms with van der Waals surface area (Å²) in [6.45, 7) is 0. The summed E-state index contributed by atoms with van der Waals surface area (Å²) in [6, 6.07) is 137. The highest BCUT2D eigenvalue weighted by molar-refractivity contribution is 6.20. The monoisotopic (exact) mass is 1350 g/mol. The van der Waals surface area contributed by atoms with Crippen LogP contribution in [-0.2, 0) is 0 Å². The van der Waals surface area contributed by atoms with Gasteiger partial charge in [-0.25, -0.2) is 0 Å². The molecule has 6 heteroatoms. The Morgan fingerprint density at radius 1 is 0.198 bits per heavy atom. The van der Waals surface area contributed by atoms with Crippen LogP contribution < -0.4 is 9.80 Å². The lowest BCUT2D eigenvalue weighted by molar-refractivity contribution is 0.668. The highest BCUT2D eigenvalue weighted by Crippen LogP contribution is 2.51. The molecule has 4 aromatic heterocycles. The molecule has 0 saturated carbocycles. The number of anilines is 6. The minimum absolute atomic E-state index is 0.828. The number of aromatic nitrogens is 2. The van der Waals surface area contributed by atoms with E-state index < -0.39 is 0 Å². The van der Waals surface area contributed by atoms with Crippen LogP contribution in [0.2, 0.25) is 0 Å². The van der Waals surface area contributed by atoms with E-state index in [0.717, 1.165) is 145 Å². The number of furan rings is 2. The highest BCUT2D eigenvalue weighted by atomic mass is 16.3. The van der Waals surface area contributed by atoms with Crippen LogP contribution in [0.3, 0.4) is 0 Å². The Hall–Kier alpha value is -14.2. The van der Waals surface area contributed by atoms with Crippen molar-refractivity contribution in [1.29, 1.82) is 0 Å². The van der Waals surface area contributed by atoms with E-state index in [1.807, 2.05) is 6.07 Å². The predicted molar refractivity (Wildman–Crippen MR) is 445 cm³/mol. The van der Waals surface area contributed by atoms with Crippen LogP contribution in [0.5, 0.6) is 0 Å². The smallest absolute Gasteiger partial charge is 0.136 e. The van der Waals surface area contributed by atoms with Gasteiger partial charge in [0.2, 0.25) is 0 Å². The van der Waals surface area contributed by atoms with Crippen molar-refractivity contribution < 1.29 is 8.83 Å². The second-order valence-corrected chi connectivity index (χ2v) is 27.8. The van der Waals surface area contributed by atoms with Crippen molar-refractivity contribution in [3.63, 3.8) is 0 Å². The molecular weight excluding hydrogens is 1290 g/mol. The van der Waals surface area contributed by atoms with Gasteiger partial charge in [-0.1, -0.05) is 249 Å². The second-order valence-electron chi connectivity index (χ2n) is 27.8. The minimum Gasteiger partial charge on any atom is -0.456 e. The van der Waals surface area contributed by atoms with E-state index in [4.69, 9.17) is 8.83 Å². The zero-order chi connectivity index (χ0) is 69.5. The zero-order valence-electron chi connectivity index (χ0n) is 57.4. The number of nitrogens with zero attached hydrogens (tertiary/aromatic N) is 4. The Morgan fingerprint density at radius 2 is 0.613 bits per heavy atom. The molecule has 0 radical (unpaired) electrons. The molecule has 0 spiro atoms. The normalized spacial score (nSPS) is 12.0. The zero-order valence-corrected chi connectivity index (χ0v) is 57.4. The molecule has 22 rings (SSSR count). The first-order chi connectivity index (χ1) is 52.6. The average molecular weight is 1350 g/mol. The quantitative estimate of drug-likeness (QED) is 0.121. The van der Waals surface area contributed by atoms with Crippen LogP contribution in [0.15, 0.2) is 385 Å². The molecule has 0 N–H and O–H groups in total. The summed E-state index contributed by atoms with van der Waals surface area (Å²) in [5.41, 5.74) is 23.0. The lowest BCUT2D eigenvalue weighted by Gasteiger charge is -2.30. The molecule has 0 saturated heterocycles. The Labute approximate surface area is 609 Å². The van der Waals surface area contributed by atoms with Crippen LogP contribution >= 0.6 is 0 Å². The largest absolute Gasteiger partial charge is 0.456 e. The van der Waals surface area contributed by atoms with Crippen molar-refractivity contribution in [2.75, 3.05) is 9.80 Å². The van der Waals surface area contributed by atoms with E-state index in [-0.39, 0.29) is 0 Å². The van der Waals surface area contributed by atoms with E-state index >= 15 is 0 Å². The molecule has 0 aliphatic rings. The predicted octanol–water partition coefficient (Wildman–Crippen LogP) is 28.2. The molecule has 0 aliphatic heterocycles. The van der Waals surface area contributed by atoms with Gasteiger partial charge in [-0.05, 0) is 187 Å². The number of para-hydroxylation sites is 6. The third-order valence-electron chi connectivity index (χ3n) is 22.0. The molecule has 6 nitrogen and oxygen atoms in total. The maximum Gasteiger partial charge on any atom is 0.136 e. The lowest BCUT2D eigenvalue weighted by Crippen LogP contribution is -2.12. The maximum atomic E-state index is 7.07. The summed E-state index contributed by atoms with van der Waals surface area (Å²) in [4.78, 5) is 4.92. The first-order valence-electron chi connectivity index (χ1n) is 36.3. The van der Waals surface area contributed by atoms with E-state index in [0.29, 0.717) is 0 Å². The van der Waals surface area contributed by atoms with Gasteiger partial charge in [0.25, 0.3) is 0 Å². The van der Waals surface area contributed by atoms with Crippen molar-refractivity contribution in [2.24, 2.45) is 0 Å².